The largest absolute Gasteiger partial charge is 0.354 e. The van der Waals surface area contributed by atoms with E-state index in [1.54, 1.807) is 0 Å². The van der Waals surface area contributed by atoms with Gasteiger partial charge >= 0.3 is 0 Å². The second kappa shape index (κ2) is 6.34. The van der Waals surface area contributed by atoms with E-state index in [2.05, 4.69) is 10.6 Å². The van der Waals surface area contributed by atoms with Crippen molar-refractivity contribution < 1.29 is 9.59 Å². The van der Waals surface area contributed by atoms with Gasteiger partial charge in [-0.2, -0.15) is 0 Å². The predicted octanol–water partition coefficient (Wildman–Crippen LogP) is 3.40. The minimum Gasteiger partial charge on any atom is -0.354 e. The average Bonchev–Trinajstić information content (AvgIpc) is 2.31. The zero-order chi connectivity index (χ0) is 17.5. The fourth-order valence-electron chi connectivity index (χ4n) is 6.49. The molecule has 4 nitrogen and oxygen atoms in total. The van der Waals surface area contributed by atoms with Crippen LogP contribution in [0.1, 0.15) is 79.1 Å². The minimum atomic E-state index is 0.154. The van der Waals surface area contributed by atoms with Gasteiger partial charge in [0.25, 0.3) is 0 Å². The maximum absolute atomic E-state index is 12.4. The first-order chi connectivity index (χ1) is 11.2. The summed E-state index contributed by atoms with van der Waals surface area (Å²) in [4.78, 5) is 24.8. The van der Waals surface area contributed by atoms with Crippen molar-refractivity contribution in [2.24, 2.45) is 22.7 Å². The van der Waals surface area contributed by atoms with Crippen LogP contribution in [0.2, 0.25) is 0 Å². The molecule has 4 aliphatic rings. The number of amides is 2. The Morgan fingerprint density at radius 1 is 0.833 bits per heavy atom. The Kier molecular flexibility index (Phi) is 4.69. The lowest BCUT2D eigenvalue weighted by molar-refractivity contribution is -0.146. The molecule has 0 aromatic heterocycles. The van der Waals surface area contributed by atoms with Crippen molar-refractivity contribution in [2.75, 3.05) is 0 Å². The first-order valence-corrected chi connectivity index (χ1v) is 9.78. The van der Waals surface area contributed by atoms with Crippen molar-refractivity contribution in [3.63, 3.8) is 0 Å². The lowest BCUT2D eigenvalue weighted by atomic mass is 9.43. The van der Waals surface area contributed by atoms with Crippen LogP contribution in [0.15, 0.2) is 0 Å². The molecule has 0 aromatic carbocycles. The van der Waals surface area contributed by atoms with Crippen LogP contribution in [-0.4, -0.2) is 23.9 Å². The van der Waals surface area contributed by atoms with Gasteiger partial charge in [0.15, 0.2) is 0 Å². The van der Waals surface area contributed by atoms with E-state index in [0.29, 0.717) is 12.8 Å². The number of hydrogen-bond acceptors (Lipinski definition) is 2. The molecule has 0 aromatic rings. The summed E-state index contributed by atoms with van der Waals surface area (Å²) in [6.07, 6.45) is 8.50. The van der Waals surface area contributed by atoms with Gasteiger partial charge in [0.05, 0.1) is 0 Å². The number of carbonyl (C=O) groups excluding carboxylic acids is 2. The Morgan fingerprint density at radius 2 is 1.21 bits per heavy atom. The molecule has 0 radical (unpaired) electrons. The quantitative estimate of drug-likeness (QED) is 0.782. The average molecular weight is 335 g/mol. The number of hydrogen-bond donors (Lipinski definition) is 2. The van der Waals surface area contributed by atoms with Gasteiger partial charge in [-0.25, -0.2) is 0 Å². The summed E-state index contributed by atoms with van der Waals surface area (Å²) < 4.78 is 0. The SMILES string of the molecule is CC(C)NC(=O)CC12CC3CC(C1)CC(CC(=O)NC(C)C)(C3)C2. The molecular weight excluding hydrogens is 300 g/mol. The van der Waals surface area contributed by atoms with E-state index in [-0.39, 0.29) is 34.7 Å². The van der Waals surface area contributed by atoms with E-state index in [0.717, 1.165) is 18.3 Å². The third-order valence-electron chi connectivity index (χ3n) is 6.27. The summed E-state index contributed by atoms with van der Waals surface area (Å²) in [5, 5.41) is 6.16. The summed E-state index contributed by atoms with van der Waals surface area (Å²) in [6.45, 7) is 8.09. The minimum absolute atomic E-state index is 0.154. The topological polar surface area (TPSA) is 58.2 Å². The molecule has 2 N–H and O–H groups in total. The van der Waals surface area contributed by atoms with Crippen LogP contribution in [-0.2, 0) is 9.59 Å². The number of rotatable bonds is 6. The van der Waals surface area contributed by atoms with Crippen LogP contribution in [0.3, 0.4) is 0 Å². The molecule has 0 atom stereocenters. The molecule has 0 aliphatic heterocycles. The Bertz CT molecular complexity index is 456. The molecule has 4 bridgehead atoms. The highest BCUT2D eigenvalue weighted by Crippen LogP contribution is 2.67. The molecule has 0 unspecified atom stereocenters. The molecule has 4 rings (SSSR count). The predicted molar refractivity (Wildman–Crippen MR) is 95.3 cm³/mol. The molecule has 136 valence electrons. The van der Waals surface area contributed by atoms with Crippen LogP contribution < -0.4 is 10.6 Å². The standard InChI is InChI=1S/C20H34N2O2/c1-13(2)21-17(23)10-19-6-15-5-16(7-19)9-20(8-15,12-19)11-18(24)22-14(3)4/h13-16H,5-12H2,1-4H3,(H,21,23)(H,22,24). The smallest absolute Gasteiger partial charge is 0.220 e. The van der Waals surface area contributed by atoms with Gasteiger partial charge in [0.2, 0.25) is 11.8 Å². The molecule has 2 amide bonds. The van der Waals surface area contributed by atoms with Gasteiger partial charge in [-0.1, -0.05) is 0 Å². The van der Waals surface area contributed by atoms with Crippen LogP contribution >= 0.6 is 0 Å². The number of carbonyl (C=O) groups is 2. The second-order valence-electron chi connectivity index (χ2n) is 9.76. The van der Waals surface area contributed by atoms with Crippen LogP contribution in [0, 0.1) is 22.7 Å². The third kappa shape index (κ3) is 3.78. The third-order valence-corrected chi connectivity index (χ3v) is 6.27. The molecule has 4 fully saturated rings. The van der Waals surface area contributed by atoms with Crippen molar-refractivity contribution in [3.8, 4) is 0 Å². The number of nitrogens with one attached hydrogen (secondary N) is 2. The van der Waals surface area contributed by atoms with E-state index >= 15 is 0 Å². The van der Waals surface area contributed by atoms with Gasteiger partial charge in [-0.3, -0.25) is 9.59 Å². The van der Waals surface area contributed by atoms with E-state index in [1.807, 2.05) is 27.7 Å². The molecule has 0 spiro atoms. The molecule has 4 saturated carbocycles. The molecular formula is C20H34N2O2. The highest BCUT2D eigenvalue weighted by molar-refractivity contribution is 5.78. The Balaban J connectivity index is 1.72. The first kappa shape index (κ1) is 17.8. The zero-order valence-corrected chi connectivity index (χ0v) is 15.8. The first-order valence-electron chi connectivity index (χ1n) is 9.78. The van der Waals surface area contributed by atoms with Crippen LogP contribution in [0.5, 0.6) is 0 Å². The van der Waals surface area contributed by atoms with E-state index in [9.17, 15) is 9.59 Å². The normalized spacial score (nSPS) is 37.1. The van der Waals surface area contributed by atoms with Crippen molar-refractivity contribution >= 4 is 11.8 Å². The van der Waals surface area contributed by atoms with Gasteiger partial charge in [-0.05, 0) is 88.9 Å². The van der Waals surface area contributed by atoms with Gasteiger partial charge in [-0.15, -0.1) is 0 Å². The molecule has 4 heteroatoms. The van der Waals surface area contributed by atoms with Gasteiger partial charge in [0, 0.05) is 24.9 Å². The fraction of sp³-hybridized carbons (Fsp3) is 0.900. The lowest BCUT2D eigenvalue weighted by Crippen LogP contribution is -2.54. The molecule has 4 aliphatic carbocycles. The van der Waals surface area contributed by atoms with Crippen molar-refractivity contribution in [1.82, 2.24) is 10.6 Å². The van der Waals surface area contributed by atoms with E-state index in [1.165, 1.54) is 32.1 Å². The van der Waals surface area contributed by atoms with Crippen LogP contribution in [0.4, 0.5) is 0 Å². The monoisotopic (exact) mass is 334 g/mol. The van der Waals surface area contributed by atoms with E-state index < -0.39 is 0 Å². The van der Waals surface area contributed by atoms with Crippen LogP contribution in [0.25, 0.3) is 0 Å². The second-order valence-corrected chi connectivity index (χ2v) is 9.76. The van der Waals surface area contributed by atoms with Crippen molar-refractivity contribution in [3.05, 3.63) is 0 Å². The summed E-state index contributed by atoms with van der Waals surface area (Å²) in [5.41, 5.74) is 0.308. The Hall–Kier alpha value is -1.06. The summed E-state index contributed by atoms with van der Waals surface area (Å²) in [7, 11) is 0. The van der Waals surface area contributed by atoms with Crippen molar-refractivity contribution in [2.45, 2.75) is 91.1 Å². The summed E-state index contributed by atoms with van der Waals surface area (Å²) >= 11 is 0. The maximum Gasteiger partial charge on any atom is 0.220 e. The molecule has 24 heavy (non-hydrogen) atoms. The van der Waals surface area contributed by atoms with Crippen molar-refractivity contribution in [1.29, 1.82) is 0 Å². The Labute approximate surface area is 146 Å². The highest BCUT2D eigenvalue weighted by atomic mass is 16.2. The lowest BCUT2D eigenvalue weighted by Gasteiger charge is -2.62. The zero-order valence-electron chi connectivity index (χ0n) is 15.8. The van der Waals surface area contributed by atoms with E-state index in [4.69, 9.17) is 0 Å². The highest BCUT2D eigenvalue weighted by Gasteiger charge is 2.58. The maximum atomic E-state index is 12.4. The van der Waals surface area contributed by atoms with Gasteiger partial charge in [0.1, 0.15) is 0 Å². The fourth-order valence-corrected chi connectivity index (χ4v) is 6.49. The summed E-state index contributed by atoms with van der Waals surface area (Å²) in [5.74, 6) is 1.86. The Morgan fingerprint density at radius 3 is 1.54 bits per heavy atom. The molecule has 0 saturated heterocycles. The molecule has 0 heterocycles. The van der Waals surface area contributed by atoms with Gasteiger partial charge < -0.3 is 10.6 Å². The summed E-state index contributed by atoms with van der Waals surface area (Å²) in [6, 6.07) is 0.411.